The summed E-state index contributed by atoms with van der Waals surface area (Å²) in [5, 5.41) is 4.08. The average molecular weight is 437 g/mol. The molecule has 162 valence electrons. The lowest BCUT2D eigenvalue weighted by atomic mass is 10.1. The Labute approximate surface area is 186 Å². The molecule has 1 N–H and O–H groups in total. The van der Waals surface area contributed by atoms with Gasteiger partial charge in [-0.3, -0.25) is 14.5 Å². The monoisotopic (exact) mass is 436 g/mol. The van der Waals surface area contributed by atoms with Crippen LogP contribution < -0.4 is 10.2 Å². The van der Waals surface area contributed by atoms with Gasteiger partial charge in [-0.15, -0.1) is 0 Å². The molecule has 0 bridgehead atoms. The number of rotatable bonds is 6. The van der Waals surface area contributed by atoms with Crippen molar-refractivity contribution >= 4 is 38.4 Å². The van der Waals surface area contributed by atoms with E-state index in [4.69, 9.17) is 4.98 Å². The third kappa shape index (κ3) is 4.94. The van der Waals surface area contributed by atoms with Gasteiger partial charge < -0.3 is 10.2 Å². The number of hydrogen-bond acceptors (Lipinski definition) is 6. The van der Waals surface area contributed by atoms with E-state index in [1.165, 1.54) is 22.8 Å². The Morgan fingerprint density at radius 2 is 1.71 bits per heavy atom. The molecule has 0 radical (unpaired) electrons. The highest BCUT2D eigenvalue weighted by Gasteiger charge is 2.20. The highest BCUT2D eigenvalue weighted by atomic mass is 32.1. The number of hydrogen-bond donors (Lipinski definition) is 1. The van der Waals surface area contributed by atoms with Gasteiger partial charge in [-0.2, -0.15) is 0 Å². The van der Waals surface area contributed by atoms with E-state index in [1.54, 1.807) is 35.6 Å². The Balaban J connectivity index is 1.25. The standard InChI is InChI=1S/C24H28N4O2S/c1-16-14-17(2)22-21(15-16)31-24(26-22)28-12-10-27(11-13-28)9-8-25-23(30)20-6-4-19(5-7-20)18(3)29/h4-7,14-15H,8-13H2,1-3H3,(H,25,30). The number of anilines is 1. The number of nitrogens with zero attached hydrogens (tertiary/aromatic N) is 3. The maximum atomic E-state index is 12.3. The Morgan fingerprint density at radius 1 is 1.03 bits per heavy atom. The van der Waals surface area contributed by atoms with Crippen LogP contribution >= 0.6 is 11.3 Å². The Morgan fingerprint density at radius 3 is 2.39 bits per heavy atom. The molecule has 6 nitrogen and oxygen atoms in total. The highest BCUT2D eigenvalue weighted by molar-refractivity contribution is 7.22. The van der Waals surface area contributed by atoms with Gasteiger partial charge in [-0.05, 0) is 50.1 Å². The van der Waals surface area contributed by atoms with E-state index in [2.05, 4.69) is 41.1 Å². The van der Waals surface area contributed by atoms with Gasteiger partial charge in [0.15, 0.2) is 10.9 Å². The molecule has 1 amide bonds. The molecule has 2 aromatic carbocycles. The van der Waals surface area contributed by atoms with Crippen molar-refractivity contribution in [3.05, 3.63) is 58.7 Å². The van der Waals surface area contributed by atoms with E-state index < -0.39 is 0 Å². The lowest BCUT2D eigenvalue weighted by Crippen LogP contribution is -2.48. The number of aromatic nitrogens is 1. The molecule has 1 aliphatic rings. The molecule has 1 saturated heterocycles. The van der Waals surface area contributed by atoms with Crippen LogP contribution in [0, 0.1) is 13.8 Å². The van der Waals surface area contributed by atoms with Gasteiger partial charge in [-0.25, -0.2) is 4.98 Å². The van der Waals surface area contributed by atoms with E-state index in [-0.39, 0.29) is 11.7 Å². The summed E-state index contributed by atoms with van der Waals surface area (Å²) < 4.78 is 1.26. The van der Waals surface area contributed by atoms with Crippen LogP contribution in [-0.4, -0.2) is 60.8 Å². The number of Topliss-reactive ketones (excluding diaryl/α,β-unsaturated/α-hetero) is 1. The second-order valence-electron chi connectivity index (χ2n) is 8.14. The zero-order chi connectivity index (χ0) is 22.0. The van der Waals surface area contributed by atoms with Crippen LogP contribution in [0.3, 0.4) is 0 Å². The number of carbonyl (C=O) groups excluding carboxylic acids is 2. The zero-order valence-electron chi connectivity index (χ0n) is 18.3. The molecular formula is C24H28N4O2S. The summed E-state index contributed by atoms with van der Waals surface area (Å²) in [5.41, 5.74) is 4.83. The average Bonchev–Trinajstić information content (AvgIpc) is 3.18. The Kier molecular flexibility index (Phi) is 6.34. The van der Waals surface area contributed by atoms with Crippen LogP contribution in [-0.2, 0) is 0 Å². The van der Waals surface area contributed by atoms with Crippen molar-refractivity contribution in [1.82, 2.24) is 15.2 Å². The number of carbonyl (C=O) groups is 2. The number of benzene rings is 2. The predicted molar refractivity (Wildman–Crippen MR) is 127 cm³/mol. The Bertz CT molecular complexity index is 1100. The van der Waals surface area contributed by atoms with Crippen LogP contribution in [0.1, 0.15) is 38.8 Å². The minimum absolute atomic E-state index is 0.00203. The fraction of sp³-hybridized carbons (Fsp3) is 0.375. The largest absolute Gasteiger partial charge is 0.351 e. The quantitative estimate of drug-likeness (QED) is 0.598. The summed E-state index contributed by atoms with van der Waals surface area (Å²) in [4.78, 5) is 33.3. The molecular weight excluding hydrogens is 408 g/mol. The van der Waals surface area contributed by atoms with Crippen molar-refractivity contribution < 1.29 is 9.59 Å². The van der Waals surface area contributed by atoms with Crippen LogP contribution in [0.15, 0.2) is 36.4 Å². The maximum Gasteiger partial charge on any atom is 0.251 e. The number of amides is 1. The first kappa shape index (κ1) is 21.5. The molecule has 1 aliphatic heterocycles. The van der Waals surface area contributed by atoms with Crippen molar-refractivity contribution in [1.29, 1.82) is 0 Å². The molecule has 0 aliphatic carbocycles. The van der Waals surface area contributed by atoms with Gasteiger partial charge in [0, 0.05) is 50.4 Å². The molecule has 0 atom stereocenters. The maximum absolute atomic E-state index is 12.3. The lowest BCUT2D eigenvalue weighted by molar-refractivity contribution is 0.0945. The van der Waals surface area contributed by atoms with E-state index in [1.807, 2.05) is 0 Å². The summed E-state index contributed by atoms with van der Waals surface area (Å²) in [7, 11) is 0. The summed E-state index contributed by atoms with van der Waals surface area (Å²) >= 11 is 1.77. The fourth-order valence-electron chi connectivity index (χ4n) is 3.94. The van der Waals surface area contributed by atoms with E-state index in [0.717, 1.165) is 43.4 Å². The molecule has 0 unspecified atom stereocenters. The van der Waals surface area contributed by atoms with Gasteiger partial charge in [0.2, 0.25) is 0 Å². The van der Waals surface area contributed by atoms with Crippen molar-refractivity contribution in [3.8, 4) is 0 Å². The molecule has 1 aromatic heterocycles. The number of thiazole rings is 1. The first-order chi connectivity index (χ1) is 14.9. The Hall–Kier alpha value is -2.77. The zero-order valence-corrected chi connectivity index (χ0v) is 19.1. The van der Waals surface area contributed by atoms with E-state index in [9.17, 15) is 9.59 Å². The number of piperazine rings is 1. The lowest BCUT2D eigenvalue weighted by Gasteiger charge is -2.34. The van der Waals surface area contributed by atoms with Crippen LogP contribution in [0.2, 0.25) is 0 Å². The topological polar surface area (TPSA) is 65.5 Å². The number of fused-ring (bicyclic) bond motifs is 1. The van der Waals surface area contributed by atoms with Crippen LogP contribution in [0.25, 0.3) is 10.2 Å². The second-order valence-corrected chi connectivity index (χ2v) is 9.15. The minimum Gasteiger partial charge on any atom is -0.351 e. The molecule has 0 spiro atoms. The van der Waals surface area contributed by atoms with E-state index in [0.29, 0.717) is 17.7 Å². The van der Waals surface area contributed by atoms with Gasteiger partial charge in [0.25, 0.3) is 5.91 Å². The van der Waals surface area contributed by atoms with Gasteiger partial charge in [-0.1, -0.05) is 29.5 Å². The molecule has 3 aromatic rings. The first-order valence-electron chi connectivity index (χ1n) is 10.6. The van der Waals surface area contributed by atoms with Crippen molar-refractivity contribution in [2.24, 2.45) is 0 Å². The second kappa shape index (κ2) is 9.16. The van der Waals surface area contributed by atoms with Crippen molar-refractivity contribution in [2.75, 3.05) is 44.2 Å². The van der Waals surface area contributed by atoms with Crippen molar-refractivity contribution in [3.63, 3.8) is 0 Å². The summed E-state index contributed by atoms with van der Waals surface area (Å²) in [5.74, 6) is -0.101. The molecule has 0 saturated carbocycles. The third-order valence-corrected chi connectivity index (χ3v) is 6.79. The van der Waals surface area contributed by atoms with Gasteiger partial charge in [0.1, 0.15) is 0 Å². The molecule has 7 heteroatoms. The summed E-state index contributed by atoms with van der Waals surface area (Å²) in [6.07, 6.45) is 0. The summed E-state index contributed by atoms with van der Waals surface area (Å²) in [6.45, 7) is 11.0. The third-order valence-electron chi connectivity index (χ3n) is 5.73. The highest BCUT2D eigenvalue weighted by Crippen LogP contribution is 2.32. The molecule has 4 rings (SSSR count). The normalized spacial score (nSPS) is 14.7. The molecule has 31 heavy (non-hydrogen) atoms. The number of nitrogens with one attached hydrogen (secondary N) is 1. The van der Waals surface area contributed by atoms with Gasteiger partial charge >= 0.3 is 0 Å². The fourth-order valence-corrected chi connectivity index (χ4v) is 5.14. The summed E-state index contributed by atoms with van der Waals surface area (Å²) in [6, 6.07) is 11.2. The van der Waals surface area contributed by atoms with Crippen LogP contribution in [0.5, 0.6) is 0 Å². The van der Waals surface area contributed by atoms with Gasteiger partial charge in [0.05, 0.1) is 10.2 Å². The smallest absolute Gasteiger partial charge is 0.251 e. The van der Waals surface area contributed by atoms with Crippen LogP contribution in [0.4, 0.5) is 5.13 Å². The minimum atomic E-state index is -0.103. The molecule has 1 fully saturated rings. The number of aryl methyl sites for hydroxylation is 2. The van der Waals surface area contributed by atoms with Crippen molar-refractivity contribution in [2.45, 2.75) is 20.8 Å². The SMILES string of the molecule is CC(=O)c1ccc(C(=O)NCCN2CCN(c3nc4c(C)cc(C)cc4s3)CC2)cc1. The van der Waals surface area contributed by atoms with E-state index >= 15 is 0 Å². The first-order valence-corrected chi connectivity index (χ1v) is 11.5. The number of ketones is 1. The molecule has 2 heterocycles. The predicted octanol–water partition coefficient (Wildman–Crippen LogP) is 3.67.